The first-order chi connectivity index (χ1) is 8.78. The van der Waals surface area contributed by atoms with Crippen molar-refractivity contribution < 1.29 is 19.0 Å². The van der Waals surface area contributed by atoms with Crippen molar-refractivity contribution in [2.24, 2.45) is 0 Å². The minimum Gasteiger partial charge on any atom is -0.430 e. The number of cyclic esters (lactones) is 2. The molecule has 2 rings (SSSR count). The van der Waals surface area contributed by atoms with E-state index in [9.17, 15) is 4.79 Å². The zero-order valence-electron chi connectivity index (χ0n) is 9.88. The fourth-order valence-corrected chi connectivity index (χ4v) is 2.31. The molecule has 1 aliphatic rings. The molecule has 0 unspecified atom stereocenters. The van der Waals surface area contributed by atoms with Gasteiger partial charge in [0, 0.05) is 10.8 Å². The standard InChI is InChI=1S/C13H15IO4/c14-7-11-6-12(18-13(15)17-11)9-16-8-10-4-2-1-3-5-10/h1-5,11-12H,6-9H2/t11-,12+/m1/s1. The van der Waals surface area contributed by atoms with Crippen LogP contribution in [0.1, 0.15) is 12.0 Å². The van der Waals surface area contributed by atoms with Crippen LogP contribution in [-0.4, -0.2) is 29.4 Å². The molecular weight excluding hydrogens is 347 g/mol. The van der Waals surface area contributed by atoms with E-state index in [-0.39, 0.29) is 12.2 Å². The summed E-state index contributed by atoms with van der Waals surface area (Å²) in [7, 11) is 0. The van der Waals surface area contributed by atoms with Crippen LogP contribution in [0.5, 0.6) is 0 Å². The zero-order chi connectivity index (χ0) is 12.8. The Bertz CT molecular complexity index is 382. The number of carbonyl (C=O) groups is 1. The highest BCUT2D eigenvalue weighted by Gasteiger charge is 2.29. The van der Waals surface area contributed by atoms with Crippen LogP contribution in [-0.2, 0) is 20.8 Å². The predicted octanol–water partition coefficient (Wildman–Crippen LogP) is 2.93. The quantitative estimate of drug-likeness (QED) is 0.459. The number of hydrogen-bond donors (Lipinski definition) is 0. The average molecular weight is 362 g/mol. The monoisotopic (exact) mass is 362 g/mol. The van der Waals surface area contributed by atoms with Crippen molar-refractivity contribution in [2.75, 3.05) is 11.0 Å². The molecule has 0 radical (unpaired) electrons. The first kappa shape index (κ1) is 13.6. The minimum atomic E-state index is -0.587. The Kier molecular flexibility index (Phi) is 5.25. The maximum absolute atomic E-state index is 11.2. The number of carbonyl (C=O) groups excluding carboxylic acids is 1. The molecule has 0 bridgehead atoms. The number of benzene rings is 1. The lowest BCUT2D eigenvalue weighted by atomic mass is 10.1. The van der Waals surface area contributed by atoms with Crippen LogP contribution in [0.3, 0.4) is 0 Å². The van der Waals surface area contributed by atoms with Crippen LogP contribution < -0.4 is 0 Å². The second-order valence-electron chi connectivity index (χ2n) is 4.12. The van der Waals surface area contributed by atoms with Crippen molar-refractivity contribution in [1.29, 1.82) is 0 Å². The molecule has 0 aliphatic carbocycles. The smallest absolute Gasteiger partial charge is 0.430 e. The highest BCUT2D eigenvalue weighted by molar-refractivity contribution is 14.1. The van der Waals surface area contributed by atoms with Crippen LogP contribution >= 0.6 is 22.6 Å². The normalized spacial score (nSPS) is 23.3. The molecule has 0 spiro atoms. The maximum atomic E-state index is 11.2. The second-order valence-corrected chi connectivity index (χ2v) is 5.00. The van der Waals surface area contributed by atoms with Gasteiger partial charge in [-0.3, -0.25) is 0 Å². The van der Waals surface area contributed by atoms with Crippen molar-refractivity contribution in [3.05, 3.63) is 35.9 Å². The molecule has 1 aromatic rings. The molecule has 5 heteroatoms. The van der Waals surface area contributed by atoms with E-state index < -0.39 is 6.16 Å². The molecule has 1 aliphatic heterocycles. The Hall–Kier alpha value is -0.820. The molecule has 0 aromatic heterocycles. The summed E-state index contributed by atoms with van der Waals surface area (Å²) in [6.45, 7) is 0.946. The lowest BCUT2D eigenvalue weighted by molar-refractivity contribution is -0.0798. The van der Waals surface area contributed by atoms with E-state index in [1.54, 1.807) is 0 Å². The first-order valence-electron chi connectivity index (χ1n) is 5.83. The Morgan fingerprint density at radius 3 is 2.67 bits per heavy atom. The highest BCUT2D eigenvalue weighted by atomic mass is 127. The van der Waals surface area contributed by atoms with Crippen molar-refractivity contribution in [3.63, 3.8) is 0 Å². The Labute approximate surface area is 120 Å². The summed E-state index contributed by atoms with van der Waals surface area (Å²) < 4.78 is 16.4. The average Bonchev–Trinajstić information content (AvgIpc) is 2.39. The fourth-order valence-electron chi connectivity index (χ4n) is 1.77. The van der Waals surface area contributed by atoms with Crippen LogP contribution in [0, 0.1) is 0 Å². The molecule has 2 atom stereocenters. The van der Waals surface area contributed by atoms with Gasteiger partial charge in [-0.2, -0.15) is 0 Å². The van der Waals surface area contributed by atoms with E-state index in [1.165, 1.54) is 0 Å². The summed E-state index contributed by atoms with van der Waals surface area (Å²) >= 11 is 2.20. The summed E-state index contributed by atoms with van der Waals surface area (Å²) in [5.41, 5.74) is 1.11. The van der Waals surface area contributed by atoms with Gasteiger partial charge in [0.2, 0.25) is 0 Å². The third kappa shape index (κ3) is 4.13. The van der Waals surface area contributed by atoms with E-state index in [1.807, 2.05) is 30.3 Å². The molecule has 1 aromatic carbocycles. The molecule has 1 fully saturated rings. The van der Waals surface area contributed by atoms with Crippen LogP contribution in [0.2, 0.25) is 0 Å². The van der Waals surface area contributed by atoms with E-state index in [0.717, 1.165) is 9.99 Å². The number of alkyl halides is 1. The minimum absolute atomic E-state index is 0.0582. The molecule has 4 nitrogen and oxygen atoms in total. The van der Waals surface area contributed by atoms with Crippen molar-refractivity contribution in [3.8, 4) is 0 Å². The van der Waals surface area contributed by atoms with Crippen LogP contribution in [0.4, 0.5) is 4.79 Å². The molecule has 0 saturated carbocycles. The van der Waals surface area contributed by atoms with Gasteiger partial charge >= 0.3 is 6.16 Å². The lowest BCUT2D eigenvalue weighted by Gasteiger charge is -2.27. The topological polar surface area (TPSA) is 44.8 Å². The van der Waals surface area contributed by atoms with Gasteiger partial charge in [-0.15, -0.1) is 0 Å². The number of halogens is 1. The second kappa shape index (κ2) is 6.94. The Balaban J connectivity index is 1.74. The largest absolute Gasteiger partial charge is 0.508 e. The fraction of sp³-hybridized carbons (Fsp3) is 0.462. The third-order valence-corrected chi connectivity index (χ3v) is 3.62. The van der Waals surface area contributed by atoms with Gasteiger partial charge in [-0.25, -0.2) is 4.79 Å². The van der Waals surface area contributed by atoms with Gasteiger partial charge in [0.05, 0.1) is 13.2 Å². The first-order valence-corrected chi connectivity index (χ1v) is 7.35. The third-order valence-electron chi connectivity index (χ3n) is 2.64. The summed E-state index contributed by atoms with van der Waals surface area (Å²) in [5.74, 6) is 0. The van der Waals surface area contributed by atoms with Crippen molar-refractivity contribution in [2.45, 2.75) is 25.2 Å². The summed E-state index contributed by atoms with van der Waals surface area (Å²) in [6.07, 6.45) is -0.146. The summed E-state index contributed by atoms with van der Waals surface area (Å²) in [4.78, 5) is 11.2. The summed E-state index contributed by atoms with van der Waals surface area (Å²) in [5, 5.41) is 0. The van der Waals surface area contributed by atoms with Gasteiger partial charge in [0.15, 0.2) is 0 Å². The molecule has 0 amide bonds. The SMILES string of the molecule is O=C1O[C@H](COCc2ccccc2)C[C@H](CI)O1. The van der Waals surface area contributed by atoms with Crippen molar-refractivity contribution >= 4 is 28.7 Å². The number of rotatable bonds is 5. The molecular formula is C13H15IO4. The van der Waals surface area contributed by atoms with Crippen LogP contribution in [0.15, 0.2) is 30.3 Å². The maximum Gasteiger partial charge on any atom is 0.508 e. The highest BCUT2D eigenvalue weighted by Crippen LogP contribution is 2.17. The molecule has 1 saturated heterocycles. The molecule has 0 N–H and O–H groups in total. The van der Waals surface area contributed by atoms with Gasteiger partial charge in [-0.1, -0.05) is 52.9 Å². The predicted molar refractivity (Wildman–Crippen MR) is 74.7 cm³/mol. The van der Waals surface area contributed by atoms with E-state index >= 15 is 0 Å². The summed E-state index contributed by atoms with van der Waals surface area (Å²) in [6, 6.07) is 9.92. The van der Waals surface area contributed by atoms with E-state index in [0.29, 0.717) is 19.6 Å². The zero-order valence-corrected chi connectivity index (χ0v) is 12.0. The number of ether oxygens (including phenoxy) is 3. The van der Waals surface area contributed by atoms with E-state index in [2.05, 4.69) is 22.6 Å². The number of hydrogen-bond acceptors (Lipinski definition) is 4. The molecule has 1 heterocycles. The molecule has 98 valence electrons. The molecule has 18 heavy (non-hydrogen) atoms. The van der Waals surface area contributed by atoms with E-state index in [4.69, 9.17) is 14.2 Å². The Morgan fingerprint density at radius 2 is 1.94 bits per heavy atom. The van der Waals surface area contributed by atoms with Gasteiger partial charge in [-0.05, 0) is 5.56 Å². The van der Waals surface area contributed by atoms with Gasteiger partial charge in [0.1, 0.15) is 12.2 Å². The van der Waals surface area contributed by atoms with Crippen LogP contribution in [0.25, 0.3) is 0 Å². The Morgan fingerprint density at radius 1 is 1.22 bits per heavy atom. The lowest BCUT2D eigenvalue weighted by Crippen LogP contribution is -2.37. The van der Waals surface area contributed by atoms with Gasteiger partial charge in [0.25, 0.3) is 0 Å². The van der Waals surface area contributed by atoms with Gasteiger partial charge < -0.3 is 14.2 Å². The van der Waals surface area contributed by atoms with Crippen molar-refractivity contribution in [1.82, 2.24) is 0 Å².